The highest BCUT2D eigenvalue weighted by atomic mass is 32.1. The van der Waals surface area contributed by atoms with E-state index in [2.05, 4.69) is 29.5 Å². The van der Waals surface area contributed by atoms with Gasteiger partial charge in [-0.05, 0) is 44.2 Å². The maximum absolute atomic E-state index is 13.0. The van der Waals surface area contributed by atoms with Gasteiger partial charge in [-0.1, -0.05) is 13.8 Å². The van der Waals surface area contributed by atoms with E-state index in [1.165, 1.54) is 0 Å². The van der Waals surface area contributed by atoms with Gasteiger partial charge in [0, 0.05) is 30.6 Å². The van der Waals surface area contributed by atoms with Gasteiger partial charge < -0.3 is 14.6 Å². The number of ether oxygens (including phenoxy) is 1. The van der Waals surface area contributed by atoms with Gasteiger partial charge >= 0.3 is 0 Å². The van der Waals surface area contributed by atoms with E-state index < -0.39 is 0 Å². The number of rotatable bonds is 7. The molecule has 7 heteroatoms. The lowest BCUT2D eigenvalue weighted by molar-refractivity contribution is 0.0927. The van der Waals surface area contributed by atoms with Crippen molar-refractivity contribution in [2.24, 2.45) is 0 Å². The zero-order valence-electron chi connectivity index (χ0n) is 17.1. The van der Waals surface area contributed by atoms with Crippen LogP contribution in [0.3, 0.4) is 0 Å². The fraction of sp³-hybridized carbons (Fsp3) is 0.571. The van der Waals surface area contributed by atoms with Crippen molar-refractivity contribution in [1.29, 1.82) is 0 Å². The smallest absolute Gasteiger partial charge is 0.263 e. The van der Waals surface area contributed by atoms with E-state index in [0.29, 0.717) is 31.0 Å². The van der Waals surface area contributed by atoms with Crippen molar-refractivity contribution < 1.29 is 9.53 Å². The van der Waals surface area contributed by atoms with Crippen molar-refractivity contribution in [1.82, 2.24) is 14.9 Å². The van der Waals surface area contributed by atoms with E-state index in [4.69, 9.17) is 4.74 Å². The average Bonchev–Trinajstić information content (AvgIpc) is 3.30. The summed E-state index contributed by atoms with van der Waals surface area (Å²) in [6.07, 6.45) is 2.69. The zero-order chi connectivity index (χ0) is 20.3. The lowest BCUT2D eigenvalue weighted by atomic mass is 10.1. The summed E-state index contributed by atoms with van der Waals surface area (Å²) in [5, 5.41) is 5.96. The first kappa shape index (κ1) is 20.7. The summed E-state index contributed by atoms with van der Waals surface area (Å²) < 4.78 is 7.34. The van der Waals surface area contributed by atoms with E-state index in [0.717, 1.165) is 35.8 Å². The summed E-state index contributed by atoms with van der Waals surface area (Å²) in [6, 6.07) is 1.90. The van der Waals surface area contributed by atoms with E-state index >= 15 is 0 Å². The molecule has 1 aliphatic rings. The van der Waals surface area contributed by atoms with Crippen LogP contribution in [0.2, 0.25) is 0 Å². The van der Waals surface area contributed by atoms with Crippen molar-refractivity contribution in [3.8, 4) is 0 Å². The minimum absolute atomic E-state index is 0.0510. The minimum atomic E-state index is -0.316. The third-order valence-corrected chi connectivity index (χ3v) is 6.05. The molecule has 0 aliphatic carbocycles. The molecule has 2 aromatic rings. The van der Waals surface area contributed by atoms with Gasteiger partial charge in [0.2, 0.25) is 0 Å². The second kappa shape index (κ2) is 9.01. The average molecular weight is 404 g/mol. The Morgan fingerprint density at radius 1 is 1.43 bits per heavy atom. The number of aromatic nitrogens is 2. The highest BCUT2D eigenvalue weighted by Gasteiger charge is 2.21. The topological polar surface area (TPSA) is 73.2 Å². The van der Waals surface area contributed by atoms with Crippen LogP contribution in [0.25, 0.3) is 0 Å². The zero-order valence-corrected chi connectivity index (χ0v) is 17.9. The van der Waals surface area contributed by atoms with Crippen molar-refractivity contribution in [3.05, 3.63) is 49.3 Å². The lowest BCUT2D eigenvalue weighted by Crippen LogP contribution is -2.37. The number of carbonyl (C=O) groups is 1. The molecule has 0 radical (unpaired) electrons. The summed E-state index contributed by atoms with van der Waals surface area (Å²) >= 11 is 1.61. The van der Waals surface area contributed by atoms with E-state index in [1.807, 2.05) is 19.9 Å². The van der Waals surface area contributed by atoms with Gasteiger partial charge in [0.15, 0.2) is 0 Å². The normalized spacial score (nSPS) is 16.7. The first-order valence-electron chi connectivity index (χ1n) is 9.92. The van der Waals surface area contributed by atoms with Crippen molar-refractivity contribution in [2.45, 2.75) is 65.5 Å². The third kappa shape index (κ3) is 4.70. The summed E-state index contributed by atoms with van der Waals surface area (Å²) in [5.74, 6) is 0.0846. The van der Waals surface area contributed by atoms with E-state index in [9.17, 15) is 9.59 Å². The standard InChI is InChI=1S/C21H29N3O3S/c1-13(2)17-12-28-18(23-17)7-8-22-20(25)19-14(3)10-15(4)24(21(19)26)11-16-6-5-9-27-16/h10,12-13,16H,5-9,11H2,1-4H3,(H,22,25). The number of hydrogen-bond acceptors (Lipinski definition) is 5. The number of aryl methyl sites for hydroxylation is 2. The number of thiazole rings is 1. The fourth-order valence-corrected chi connectivity index (χ4v) is 4.46. The van der Waals surface area contributed by atoms with Crippen LogP contribution in [0.1, 0.15) is 64.9 Å². The van der Waals surface area contributed by atoms with E-state index in [-0.39, 0.29) is 23.1 Å². The molecule has 1 unspecified atom stereocenters. The van der Waals surface area contributed by atoms with Gasteiger partial charge in [0.05, 0.1) is 23.4 Å². The minimum Gasteiger partial charge on any atom is -0.376 e. The fourth-order valence-electron chi connectivity index (χ4n) is 3.50. The molecule has 2 aromatic heterocycles. The second-order valence-electron chi connectivity index (χ2n) is 7.72. The first-order chi connectivity index (χ1) is 13.4. The van der Waals surface area contributed by atoms with Gasteiger partial charge in [-0.25, -0.2) is 4.98 Å². The van der Waals surface area contributed by atoms with Crippen LogP contribution in [0.5, 0.6) is 0 Å². The number of nitrogens with one attached hydrogen (secondary N) is 1. The Kier molecular flexibility index (Phi) is 6.67. The molecule has 6 nitrogen and oxygen atoms in total. The SMILES string of the molecule is Cc1cc(C)n(CC2CCCO2)c(=O)c1C(=O)NCCc1nc(C(C)C)cs1. The molecule has 28 heavy (non-hydrogen) atoms. The Bertz CT molecular complexity index is 895. The number of amides is 1. The Labute approximate surface area is 170 Å². The number of carbonyl (C=O) groups excluding carboxylic acids is 1. The molecule has 3 rings (SSSR count). The van der Waals surface area contributed by atoms with Gasteiger partial charge in [-0.2, -0.15) is 0 Å². The molecule has 1 saturated heterocycles. The molecule has 152 valence electrons. The van der Waals surface area contributed by atoms with Crippen LogP contribution in [0, 0.1) is 13.8 Å². The van der Waals surface area contributed by atoms with Crippen LogP contribution in [-0.4, -0.2) is 34.7 Å². The van der Waals surface area contributed by atoms with Crippen LogP contribution < -0.4 is 10.9 Å². The Morgan fingerprint density at radius 3 is 2.86 bits per heavy atom. The van der Waals surface area contributed by atoms with Gasteiger partial charge in [0.1, 0.15) is 5.56 Å². The van der Waals surface area contributed by atoms with Crippen LogP contribution >= 0.6 is 11.3 Å². The van der Waals surface area contributed by atoms with Crippen molar-refractivity contribution in [2.75, 3.05) is 13.2 Å². The number of nitrogens with zero attached hydrogens (tertiary/aromatic N) is 2. The Balaban J connectivity index is 1.68. The molecule has 3 heterocycles. The van der Waals surface area contributed by atoms with Crippen molar-refractivity contribution in [3.63, 3.8) is 0 Å². The maximum atomic E-state index is 13.0. The molecule has 1 amide bonds. The maximum Gasteiger partial charge on any atom is 0.263 e. The number of hydrogen-bond donors (Lipinski definition) is 1. The molecule has 0 saturated carbocycles. The Hall–Kier alpha value is -1.99. The second-order valence-corrected chi connectivity index (χ2v) is 8.66. The molecular formula is C21H29N3O3S. The first-order valence-corrected chi connectivity index (χ1v) is 10.8. The van der Waals surface area contributed by atoms with Crippen LogP contribution in [0.4, 0.5) is 0 Å². The quantitative estimate of drug-likeness (QED) is 0.771. The summed E-state index contributed by atoms with van der Waals surface area (Å²) in [6.45, 7) is 9.65. The van der Waals surface area contributed by atoms with Crippen molar-refractivity contribution >= 4 is 17.2 Å². The molecular weight excluding hydrogens is 374 g/mol. The van der Waals surface area contributed by atoms with Gasteiger partial charge in [-0.3, -0.25) is 9.59 Å². The molecule has 0 aromatic carbocycles. The summed E-state index contributed by atoms with van der Waals surface area (Å²) in [5.41, 5.74) is 2.64. The highest BCUT2D eigenvalue weighted by molar-refractivity contribution is 7.09. The molecule has 0 bridgehead atoms. The molecule has 1 N–H and O–H groups in total. The highest BCUT2D eigenvalue weighted by Crippen LogP contribution is 2.18. The largest absolute Gasteiger partial charge is 0.376 e. The lowest BCUT2D eigenvalue weighted by Gasteiger charge is -2.17. The monoisotopic (exact) mass is 403 g/mol. The molecule has 1 fully saturated rings. The molecule has 1 aliphatic heterocycles. The predicted molar refractivity (Wildman–Crippen MR) is 111 cm³/mol. The predicted octanol–water partition coefficient (Wildman–Crippen LogP) is 3.20. The summed E-state index contributed by atoms with van der Waals surface area (Å²) in [4.78, 5) is 30.3. The van der Waals surface area contributed by atoms with Crippen LogP contribution in [-0.2, 0) is 17.7 Å². The third-order valence-electron chi connectivity index (χ3n) is 5.13. The van der Waals surface area contributed by atoms with Crippen LogP contribution in [0.15, 0.2) is 16.2 Å². The van der Waals surface area contributed by atoms with Gasteiger partial charge in [0.25, 0.3) is 11.5 Å². The molecule has 1 atom stereocenters. The van der Waals surface area contributed by atoms with E-state index in [1.54, 1.807) is 15.9 Å². The number of pyridine rings is 1. The summed E-state index contributed by atoms with van der Waals surface area (Å²) in [7, 11) is 0. The Morgan fingerprint density at radius 2 is 2.21 bits per heavy atom. The van der Waals surface area contributed by atoms with Gasteiger partial charge in [-0.15, -0.1) is 11.3 Å². The molecule has 0 spiro atoms.